The fraction of sp³-hybridized carbons (Fsp3) is 0.455. The van der Waals surface area contributed by atoms with Gasteiger partial charge in [-0.05, 0) is 19.1 Å². The third-order valence-electron chi connectivity index (χ3n) is 2.25. The number of halogens is 4. The summed E-state index contributed by atoms with van der Waals surface area (Å²) in [6.45, 7) is 1.26. The molecule has 0 fully saturated rings. The number of aryl methyl sites for hydroxylation is 1. The van der Waals surface area contributed by atoms with E-state index >= 15 is 0 Å². The van der Waals surface area contributed by atoms with Crippen LogP contribution in [0.3, 0.4) is 0 Å². The van der Waals surface area contributed by atoms with Crippen LogP contribution in [0.2, 0.25) is 5.15 Å². The summed E-state index contributed by atoms with van der Waals surface area (Å²) in [5, 5.41) is 0.141. The molecule has 1 aromatic heterocycles. The van der Waals surface area contributed by atoms with Crippen LogP contribution in [0.15, 0.2) is 12.1 Å². The van der Waals surface area contributed by atoms with E-state index < -0.39 is 18.5 Å². The van der Waals surface area contributed by atoms with Crippen molar-refractivity contribution in [3.63, 3.8) is 0 Å². The van der Waals surface area contributed by atoms with Crippen molar-refractivity contribution in [2.75, 3.05) is 13.6 Å². The van der Waals surface area contributed by atoms with Gasteiger partial charge in [0.1, 0.15) is 5.15 Å². The normalized spacial score (nSPS) is 11.4. The molecule has 0 atom stereocenters. The smallest absolute Gasteiger partial charge is 0.341 e. The minimum Gasteiger partial charge on any atom is -0.341 e. The highest BCUT2D eigenvalue weighted by molar-refractivity contribution is 6.29. The first-order valence-electron chi connectivity index (χ1n) is 5.15. The predicted octanol–water partition coefficient (Wildman–Crippen LogP) is 3.07. The van der Waals surface area contributed by atoms with Crippen LogP contribution in [0.4, 0.5) is 13.2 Å². The van der Waals surface area contributed by atoms with Gasteiger partial charge in [0.05, 0.1) is 6.42 Å². The lowest BCUT2D eigenvalue weighted by Gasteiger charge is -2.18. The van der Waals surface area contributed by atoms with Gasteiger partial charge in [0.25, 0.3) is 5.91 Å². The van der Waals surface area contributed by atoms with E-state index in [4.69, 9.17) is 11.6 Å². The molecule has 100 valence electrons. The lowest BCUT2D eigenvalue weighted by molar-refractivity contribution is -0.136. The minimum atomic E-state index is -4.28. The van der Waals surface area contributed by atoms with Crippen molar-refractivity contribution in [2.45, 2.75) is 19.5 Å². The molecule has 0 aliphatic carbocycles. The molecule has 0 spiro atoms. The van der Waals surface area contributed by atoms with E-state index in [0.29, 0.717) is 5.69 Å². The highest BCUT2D eigenvalue weighted by Crippen LogP contribution is 2.20. The number of amides is 1. The standard InChI is InChI=1S/C11H12ClF3N2O/c1-7-5-8(6-9(12)16-7)10(18)17(2)4-3-11(13,14)15/h5-6H,3-4H2,1-2H3. The number of pyridine rings is 1. The lowest BCUT2D eigenvalue weighted by atomic mass is 10.2. The van der Waals surface area contributed by atoms with E-state index in [1.807, 2.05) is 0 Å². The highest BCUT2D eigenvalue weighted by atomic mass is 35.5. The van der Waals surface area contributed by atoms with Crippen molar-refractivity contribution < 1.29 is 18.0 Å². The third kappa shape index (κ3) is 4.52. The van der Waals surface area contributed by atoms with Crippen molar-refractivity contribution in [1.29, 1.82) is 0 Å². The van der Waals surface area contributed by atoms with Gasteiger partial charge in [-0.2, -0.15) is 13.2 Å². The van der Waals surface area contributed by atoms with Gasteiger partial charge < -0.3 is 4.90 Å². The van der Waals surface area contributed by atoms with Crippen molar-refractivity contribution in [1.82, 2.24) is 9.88 Å². The van der Waals surface area contributed by atoms with Crippen molar-refractivity contribution >= 4 is 17.5 Å². The third-order valence-corrected chi connectivity index (χ3v) is 2.44. The van der Waals surface area contributed by atoms with Gasteiger partial charge >= 0.3 is 6.18 Å². The van der Waals surface area contributed by atoms with Gasteiger partial charge in [0.2, 0.25) is 0 Å². The van der Waals surface area contributed by atoms with Gasteiger partial charge in [0, 0.05) is 24.8 Å². The van der Waals surface area contributed by atoms with Crippen LogP contribution in [0, 0.1) is 6.92 Å². The fourth-order valence-electron chi connectivity index (χ4n) is 1.37. The summed E-state index contributed by atoms with van der Waals surface area (Å²) < 4.78 is 36.1. The molecule has 1 rings (SSSR count). The minimum absolute atomic E-state index is 0.141. The number of hydrogen-bond donors (Lipinski definition) is 0. The van der Waals surface area contributed by atoms with E-state index in [1.165, 1.54) is 19.2 Å². The van der Waals surface area contributed by atoms with Gasteiger partial charge in [-0.25, -0.2) is 4.98 Å². The average Bonchev–Trinajstić information content (AvgIpc) is 2.22. The summed E-state index contributed by atoms with van der Waals surface area (Å²) in [6, 6.07) is 2.82. The Bertz CT molecular complexity index is 428. The Morgan fingerprint density at radius 3 is 2.56 bits per heavy atom. The van der Waals surface area contributed by atoms with E-state index in [1.54, 1.807) is 6.92 Å². The summed E-state index contributed by atoms with van der Waals surface area (Å²) in [4.78, 5) is 16.7. The maximum Gasteiger partial charge on any atom is 0.390 e. The molecule has 0 N–H and O–H groups in total. The topological polar surface area (TPSA) is 33.2 Å². The second-order valence-corrected chi connectivity index (χ2v) is 4.30. The van der Waals surface area contributed by atoms with Crippen molar-refractivity contribution in [3.8, 4) is 0 Å². The molecule has 0 bridgehead atoms. The zero-order valence-electron chi connectivity index (χ0n) is 9.88. The molecule has 0 unspecified atom stereocenters. The number of carbonyl (C=O) groups excluding carboxylic acids is 1. The SMILES string of the molecule is Cc1cc(C(=O)N(C)CCC(F)(F)F)cc(Cl)n1. The molecule has 1 aromatic rings. The Morgan fingerprint density at radius 1 is 1.44 bits per heavy atom. The Hall–Kier alpha value is -1.30. The zero-order valence-corrected chi connectivity index (χ0v) is 10.6. The van der Waals surface area contributed by atoms with Crippen LogP contribution >= 0.6 is 11.6 Å². The number of carbonyl (C=O) groups is 1. The van der Waals surface area contributed by atoms with Gasteiger partial charge in [-0.15, -0.1) is 0 Å². The largest absolute Gasteiger partial charge is 0.390 e. The molecule has 18 heavy (non-hydrogen) atoms. The van der Waals surface area contributed by atoms with Gasteiger partial charge in [0.15, 0.2) is 0 Å². The summed E-state index contributed by atoms with van der Waals surface area (Å²) >= 11 is 5.69. The Balaban J connectivity index is 2.74. The van der Waals surface area contributed by atoms with Crippen LogP contribution < -0.4 is 0 Å². The number of hydrogen-bond acceptors (Lipinski definition) is 2. The molecule has 0 radical (unpaired) electrons. The molecule has 1 heterocycles. The molecular formula is C11H12ClF3N2O. The Labute approximate surface area is 108 Å². The second-order valence-electron chi connectivity index (χ2n) is 3.91. The molecule has 0 aliphatic heterocycles. The molecule has 0 saturated heterocycles. The molecule has 3 nitrogen and oxygen atoms in total. The predicted molar refractivity (Wildman–Crippen MR) is 61.6 cm³/mol. The van der Waals surface area contributed by atoms with E-state index in [2.05, 4.69) is 4.98 Å². The number of nitrogens with zero attached hydrogens (tertiary/aromatic N) is 2. The van der Waals surface area contributed by atoms with Crippen molar-refractivity contribution in [3.05, 3.63) is 28.5 Å². The Morgan fingerprint density at radius 2 is 2.06 bits per heavy atom. The summed E-state index contributed by atoms with van der Waals surface area (Å²) in [5.41, 5.74) is 0.771. The summed E-state index contributed by atoms with van der Waals surface area (Å²) in [5.74, 6) is -0.508. The van der Waals surface area contributed by atoms with E-state index in [9.17, 15) is 18.0 Å². The number of rotatable bonds is 3. The van der Waals surface area contributed by atoms with Gasteiger partial charge in [-0.1, -0.05) is 11.6 Å². The van der Waals surface area contributed by atoms with Crippen LogP contribution in [0.1, 0.15) is 22.5 Å². The van der Waals surface area contributed by atoms with Crippen LogP contribution in [0.25, 0.3) is 0 Å². The highest BCUT2D eigenvalue weighted by Gasteiger charge is 2.28. The first-order valence-corrected chi connectivity index (χ1v) is 5.53. The number of aromatic nitrogens is 1. The quantitative estimate of drug-likeness (QED) is 0.797. The van der Waals surface area contributed by atoms with Crippen molar-refractivity contribution in [2.24, 2.45) is 0 Å². The van der Waals surface area contributed by atoms with Crippen LogP contribution in [-0.4, -0.2) is 35.6 Å². The van der Waals surface area contributed by atoms with E-state index in [-0.39, 0.29) is 17.3 Å². The Kier molecular flexibility index (Phi) is 4.56. The second kappa shape index (κ2) is 5.56. The van der Waals surface area contributed by atoms with Gasteiger partial charge in [-0.3, -0.25) is 4.79 Å². The number of alkyl halides is 3. The first-order chi connectivity index (χ1) is 8.19. The average molecular weight is 281 g/mol. The molecule has 7 heteroatoms. The van der Waals surface area contributed by atoms with Crippen LogP contribution in [-0.2, 0) is 0 Å². The molecule has 0 aliphatic rings. The lowest BCUT2D eigenvalue weighted by Crippen LogP contribution is -2.30. The molecule has 0 saturated carbocycles. The maximum absolute atomic E-state index is 12.0. The maximum atomic E-state index is 12.0. The molecule has 1 amide bonds. The fourth-order valence-corrected chi connectivity index (χ4v) is 1.62. The van der Waals surface area contributed by atoms with E-state index in [0.717, 1.165) is 4.90 Å². The summed E-state index contributed by atoms with van der Waals surface area (Å²) in [6.07, 6.45) is -5.31. The molecular weight excluding hydrogens is 269 g/mol. The molecule has 0 aromatic carbocycles. The monoisotopic (exact) mass is 280 g/mol. The first kappa shape index (κ1) is 14.8. The summed E-state index contributed by atoms with van der Waals surface area (Å²) in [7, 11) is 1.32. The zero-order chi connectivity index (χ0) is 13.9. The van der Waals surface area contributed by atoms with Crippen LogP contribution in [0.5, 0.6) is 0 Å².